The second-order valence-electron chi connectivity index (χ2n) is 7.19. The van der Waals surface area contributed by atoms with E-state index in [4.69, 9.17) is 16.7 Å². The van der Waals surface area contributed by atoms with Crippen molar-refractivity contribution in [1.29, 1.82) is 5.26 Å². The van der Waals surface area contributed by atoms with Crippen molar-refractivity contribution in [3.63, 3.8) is 0 Å². The number of likely N-dealkylation sites (tertiary alicyclic amines) is 1. The highest BCUT2D eigenvalue weighted by molar-refractivity contribution is 7.80. The SMILES string of the molecule is N#Cc1cccc(C(F)(F)F)c1-c1ccc(S)cc1.NCCN1CCC(CN)CC1. The van der Waals surface area contributed by atoms with Crippen LogP contribution in [0.3, 0.4) is 0 Å². The van der Waals surface area contributed by atoms with Gasteiger partial charge in [0.25, 0.3) is 0 Å². The Labute approximate surface area is 181 Å². The van der Waals surface area contributed by atoms with E-state index < -0.39 is 11.7 Å². The molecule has 0 atom stereocenters. The van der Waals surface area contributed by atoms with E-state index in [1.165, 1.54) is 50.2 Å². The Morgan fingerprint density at radius 2 is 1.70 bits per heavy atom. The quantitative estimate of drug-likeness (QED) is 0.629. The maximum Gasteiger partial charge on any atom is 0.417 e. The molecule has 4 N–H and O–H groups in total. The number of hydrogen-bond donors (Lipinski definition) is 3. The van der Waals surface area contributed by atoms with Crippen LogP contribution in [-0.4, -0.2) is 37.6 Å². The Morgan fingerprint density at radius 1 is 1.07 bits per heavy atom. The summed E-state index contributed by atoms with van der Waals surface area (Å²) in [7, 11) is 0. The van der Waals surface area contributed by atoms with Crippen LogP contribution in [0.1, 0.15) is 24.0 Å². The summed E-state index contributed by atoms with van der Waals surface area (Å²) in [5, 5.41) is 8.99. The zero-order valence-corrected chi connectivity index (χ0v) is 17.6. The van der Waals surface area contributed by atoms with Gasteiger partial charge in [0.15, 0.2) is 0 Å². The smallest absolute Gasteiger partial charge is 0.330 e. The molecule has 1 aliphatic rings. The van der Waals surface area contributed by atoms with Crippen molar-refractivity contribution in [3.05, 3.63) is 53.6 Å². The third kappa shape index (κ3) is 6.74. The van der Waals surface area contributed by atoms with E-state index in [1.807, 2.05) is 0 Å². The average molecular weight is 437 g/mol. The standard InChI is InChI=1S/C14H8F3NS.C8H19N3/c15-14(16,17)12-3-1-2-10(8-18)13(12)9-4-6-11(19)7-5-9;9-3-6-11-4-1-8(7-10)2-5-11/h1-7,19H;8H,1-7,9-10H2. The molecule has 0 amide bonds. The highest BCUT2D eigenvalue weighted by Crippen LogP contribution is 2.39. The van der Waals surface area contributed by atoms with Crippen LogP contribution in [0, 0.1) is 17.2 Å². The Bertz CT molecular complexity index is 839. The van der Waals surface area contributed by atoms with Crippen molar-refractivity contribution >= 4 is 12.6 Å². The van der Waals surface area contributed by atoms with E-state index in [9.17, 15) is 13.2 Å². The first-order valence-corrected chi connectivity index (χ1v) is 10.3. The lowest BCUT2D eigenvalue weighted by molar-refractivity contribution is -0.137. The molecule has 1 aliphatic heterocycles. The van der Waals surface area contributed by atoms with Crippen LogP contribution in [0.4, 0.5) is 13.2 Å². The average Bonchev–Trinajstić information content (AvgIpc) is 2.74. The molecular formula is C22H27F3N4S. The first-order valence-electron chi connectivity index (χ1n) is 9.82. The molecule has 0 saturated carbocycles. The van der Waals surface area contributed by atoms with Gasteiger partial charge in [-0.1, -0.05) is 18.2 Å². The van der Waals surface area contributed by atoms with Crippen LogP contribution >= 0.6 is 12.6 Å². The summed E-state index contributed by atoms with van der Waals surface area (Å²) in [4.78, 5) is 3.07. The molecule has 1 fully saturated rings. The second kappa shape index (κ2) is 11.4. The van der Waals surface area contributed by atoms with Crippen LogP contribution in [-0.2, 0) is 6.18 Å². The molecule has 162 valence electrons. The lowest BCUT2D eigenvalue weighted by atomic mass is 9.94. The maximum absolute atomic E-state index is 13.0. The summed E-state index contributed by atoms with van der Waals surface area (Å²) in [5.74, 6) is 0.768. The van der Waals surface area contributed by atoms with Gasteiger partial charge < -0.3 is 16.4 Å². The molecule has 0 radical (unpaired) electrons. The van der Waals surface area contributed by atoms with Crippen LogP contribution < -0.4 is 11.5 Å². The number of nitrogens with two attached hydrogens (primary N) is 2. The third-order valence-electron chi connectivity index (χ3n) is 5.13. The molecule has 1 heterocycles. The molecule has 1 saturated heterocycles. The van der Waals surface area contributed by atoms with E-state index in [2.05, 4.69) is 17.5 Å². The summed E-state index contributed by atoms with van der Waals surface area (Å²) >= 11 is 4.09. The van der Waals surface area contributed by atoms with E-state index in [0.717, 1.165) is 31.6 Å². The van der Waals surface area contributed by atoms with Gasteiger partial charge >= 0.3 is 6.18 Å². The van der Waals surface area contributed by atoms with Crippen molar-refractivity contribution in [2.75, 3.05) is 32.7 Å². The molecule has 2 aromatic rings. The fourth-order valence-corrected chi connectivity index (χ4v) is 3.60. The maximum atomic E-state index is 13.0. The monoisotopic (exact) mass is 436 g/mol. The second-order valence-corrected chi connectivity index (χ2v) is 7.71. The molecule has 0 unspecified atom stereocenters. The number of piperidine rings is 1. The first-order chi connectivity index (χ1) is 14.3. The molecular weight excluding hydrogens is 409 g/mol. The van der Waals surface area contributed by atoms with Crippen molar-refractivity contribution in [3.8, 4) is 17.2 Å². The molecule has 4 nitrogen and oxygen atoms in total. The summed E-state index contributed by atoms with van der Waals surface area (Å²) in [6.45, 7) is 5.08. The van der Waals surface area contributed by atoms with Gasteiger partial charge in [0.05, 0.1) is 17.2 Å². The van der Waals surface area contributed by atoms with Gasteiger partial charge in [0.1, 0.15) is 0 Å². The zero-order valence-electron chi connectivity index (χ0n) is 16.7. The highest BCUT2D eigenvalue weighted by atomic mass is 32.1. The minimum atomic E-state index is -4.50. The predicted molar refractivity (Wildman–Crippen MR) is 116 cm³/mol. The van der Waals surface area contributed by atoms with Gasteiger partial charge in [0.2, 0.25) is 0 Å². The van der Waals surface area contributed by atoms with Gasteiger partial charge in [-0.2, -0.15) is 18.4 Å². The van der Waals surface area contributed by atoms with Crippen molar-refractivity contribution in [2.24, 2.45) is 17.4 Å². The normalized spacial score (nSPS) is 15.2. The number of alkyl halides is 3. The van der Waals surface area contributed by atoms with Crippen LogP contribution in [0.15, 0.2) is 47.4 Å². The van der Waals surface area contributed by atoms with E-state index in [1.54, 1.807) is 18.2 Å². The number of rotatable bonds is 4. The van der Waals surface area contributed by atoms with Gasteiger partial charge in [-0.05, 0) is 68.2 Å². The van der Waals surface area contributed by atoms with Crippen molar-refractivity contribution in [2.45, 2.75) is 23.9 Å². The van der Waals surface area contributed by atoms with Gasteiger partial charge in [-0.25, -0.2) is 0 Å². The van der Waals surface area contributed by atoms with E-state index in [0.29, 0.717) is 10.5 Å². The Hall–Kier alpha value is -2.05. The molecule has 3 rings (SSSR count). The summed E-state index contributed by atoms with van der Waals surface area (Å²) in [6, 6.07) is 11.6. The van der Waals surface area contributed by atoms with Gasteiger partial charge in [-0.3, -0.25) is 0 Å². The number of halogens is 3. The summed E-state index contributed by atoms with van der Waals surface area (Å²) in [5.41, 5.74) is 10.5. The Kier molecular flexibility index (Phi) is 9.18. The van der Waals surface area contributed by atoms with Crippen molar-refractivity contribution in [1.82, 2.24) is 4.90 Å². The number of nitriles is 1. The molecule has 0 aliphatic carbocycles. The van der Waals surface area contributed by atoms with Crippen LogP contribution in [0.5, 0.6) is 0 Å². The number of thiol groups is 1. The van der Waals surface area contributed by atoms with Crippen LogP contribution in [0.2, 0.25) is 0 Å². The lowest BCUT2D eigenvalue weighted by Crippen LogP contribution is -2.38. The molecule has 0 aromatic heterocycles. The van der Waals surface area contributed by atoms with Crippen LogP contribution in [0.25, 0.3) is 11.1 Å². The minimum absolute atomic E-state index is 0.00161. The largest absolute Gasteiger partial charge is 0.417 e. The van der Waals surface area contributed by atoms with Gasteiger partial charge in [-0.15, -0.1) is 12.6 Å². The fraction of sp³-hybridized carbons (Fsp3) is 0.409. The summed E-state index contributed by atoms with van der Waals surface area (Å²) < 4.78 is 39.0. The number of hydrogen-bond acceptors (Lipinski definition) is 5. The molecule has 0 spiro atoms. The molecule has 30 heavy (non-hydrogen) atoms. The zero-order chi connectivity index (χ0) is 22.1. The molecule has 8 heteroatoms. The number of nitrogens with zero attached hydrogens (tertiary/aromatic N) is 2. The molecule has 0 bridgehead atoms. The third-order valence-corrected chi connectivity index (χ3v) is 5.43. The lowest BCUT2D eigenvalue weighted by Gasteiger charge is -2.30. The first kappa shape index (κ1) is 24.2. The minimum Gasteiger partial charge on any atom is -0.330 e. The topological polar surface area (TPSA) is 79.1 Å². The fourth-order valence-electron chi connectivity index (χ4n) is 3.45. The van der Waals surface area contributed by atoms with E-state index in [-0.39, 0.29) is 11.1 Å². The Morgan fingerprint density at radius 3 is 2.20 bits per heavy atom. The van der Waals surface area contributed by atoms with Crippen molar-refractivity contribution < 1.29 is 13.2 Å². The number of benzene rings is 2. The summed E-state index contributed by atoms with van der Waals surface area (Å²) in [6.07, 6.45) is -1.98. The van der Waals surface area contributed by atoms with E-state index >= 15 is 0 Å². The highest BCUT2D eigenvalue weighted by Gasteiger charge is 2.34. The van der Waals surface area contributed by atoms with Gasteiger partial charge in [0, 0.05) is 23.5 Å². The molecule has 2 aromatic carbocycles. The predicted octanol–water partition coefficient (Wildman–Crippen LogP) is 4.15. The Balaban J connectivity index is 0.000000248.